The molecule has 2 N–H and O–H groups in total. The molecule has 1 aromatic heterocycles. The van der Waals surface area contributed by atoms with Gasteiger partial charge in [-0.05, 0) is 48.7 Å². The molecule has 1 aliphatic heterocycles. The van der Waals surface area contributed by atoms with Gasteiger partial charge in [-0.25, -0.2) is 4.79 Å². The highest BCUT2D eigenvalue weighted by atomic mass is 16.5. The Bertz CT molecular complexity index is 1250. The summed E-state index contributed by atoms with van der Waals surface area (Å²) >= 11 is 0. The third-order valence-electron chi connectivity index (χ3n) is 5.07. The normalized spacial score (nSPS) is 15.7. The fourth-order valence-corrected chi connectivity index (χ4v) is 3.72. The smallest absolute Gasteiger partial charge is 0.344 e. The first kappa shape index (κ1) is 17.7. The van der Waals surface area contributed by atoms with E-state index in [0.29, 0.717) is 16.7 Å². The summed E-state index contributed by atoms with van der Waals surface area (Å²) in [5.41, 5.74) is 8.94. The van der Waals surface area contributed by atoms with Gasteiger partial charge in [-0.15, -0.1) is 0 Å². The molecule has 0 bridgehead atoms. The van der Waals surface area contributed by atoms with Gasteiger partial charge in [0.05, 0.1) is 24.0 Å². The minimum absolute atomic E-state index is 0.0105. The number of rotatable bonds is 2. The number of nitrogens with zero attached hydrogens (tertiary/aromatic N) is 1. The van der Waals surface area contributed by atoms with Gasteiger partial charge >= 0.3 is 5.63 Å². The van der Waals surface area contributed by atoms with Crippen LogP contribution >= 0.6 is 0 Å². The molecule has 0 fully saturated rings. The molecular weight excluding hydrogens is 356 g/mol. The lowest BCUT2D eigenvalue weighted by Crippen LogP contribution is -2.26. The van der Waals surface area contributed by atoms with Crippen LogP contribution in [0.3, 0.4) is 0 Å². The van der Waals surface area contributed by atoms with E-state index in [1.807, 2.05) is 32.0 Å². The summed E-state index contributed by atoms with van der Waals surface area (Å²) in [4.78, 5) is 12.9. The van der Waals surface area contributed by atoms with Crippen molar-refractivity contribution in [2.75, 3.05) is 7.11 Å². The van der Waals surface area contributed by atoms with Crippen LogP contribution in [-0.2, 0) is 0 Å². The molecule has 0 radical (unpaired) electrons. The predicted molar refractivity (Wildman–Crippen MR) is 104 cm³/mol. The molecule has 3 aromatic rings. The Morgan fingerprint density at radius 3 is 2.64 bits per heavy atom. The van der Waals surface area contributed by atoms with Crippen molar-refractivity contribution in [2.45, 2.75) is 19.8 Å². The van der Waals surface area contributed by atoms with Crippen LogP contribution in [0, 0.1) is 25.2 Å². The van der Waals surface area contributed by atoms with Gasteiger partial charge in [0, 0.05) is 0 Å². The molecule has 0 saturated carbocycles. The van der Waals surface area contributed by atoms with Crippen LogP contribution in [0.25, 0.3) is 11.0 Å². The third-order valence-corrected chi connectivity index (χ3v) is 5.07. The summed E-state index contributed by atoms with van der Waals surface area (Å²) in [5, 5.41) is 10.4. The molecule has 0 unspecified atom stereocenters. The van der Waals surface area contributed by atoms with Crippen LogP contribution in [0.15, 0.2) is 57.1 Å². The Hall–Kier alpha value is -3.72. The Kier molecular flexibility index (Phi) is 4.08. The lowest BCUT2D eigenvalue weighted by atomic mass is 9.81. The van der Waals surface area contributed by atoms with E-state index in [2.05, 4.69) is 6.07 Å². The molecule has 6 nitrogen and oxygen atoms in total. The molecule has 2 aromatic carbocycles. The van der Waals surface area contributed by atoms with Crippen molar-refractivity contribution < 1.29 is 13.9 Å². The number of allylic oxidation sites excluding steroid dienone is 1. The summed E-state index contributed by atoms with van der Waals surface area (Å²) in [7, 11) is 1.60. The van der Waals surface area contributed by atoms with Gasteiger partial charge in [0.1, 0.15) is 23.0 Å². The van der Waals surface area contributed by atoms with Gasteiger partial charge in [0.2, 0.25) is 5.88 Å². The summed E-state index contributed by atoms with van der Waals surface area (Å²) < 4.78 is 16.7. The molecule has 1 atom stereocenters. The molecule has 4 rings (SSSR count). The molecule has 140 valence electrons. The molecule has 1 aliphatic rings. The van der Waals surface area contributed by atoms with Crippen LogP contribution in [0.4, 0.5) is 0 Å². The van der Waals surface area contributed by atoms with Gasteiger partial charge < -0.3 is 19.6 Å². The maximum atomic E-state index is 12.9. The maximum absolute atomic E-state index is 12.9. The Labute approximate surface area is 161 Å². The highest BCUT2D eigenvalue weighted by molar-refractivity contribution is 5.86. The molecule has 2 heterocycles. The number of para-hydroxylation sites is 1. The van der Waals surface area contributed by atoms with Crippen molar-refractivity contribution in [2.24, 2.45) is 5.73 Å². The predicted octanol–water partition coefficient (Wildman–Crippen LogP) is 3.64. The van der Waals surface area contributed by atoms with E-state index in [4.69, 9.17) is 19.6 Å². The van der Waals surface area contributed by atoms with Gasteiger partial charge in [0.25, 0.3) is 0 Å². The number of aryl methyl sites for hydroxylation is 2. The lowest BCUT2D eigenvalue weighted by molar-refractivity contribution is 0.387. The minimum atomic E-state index is -0.681. The average molecular weight is 374 g/mol. The van der Waals surface area contributed by atoms with Crippen molar-refractivity contribution in [3.63, 3.8) is 0 Å². The second kappa shape index (κ2) is 6.46. The summed E-state index contributed by atoms with van der Waals surface area (Å²) in [6.45, 7) is 3.81. The number of hydrogen-bond donors (Lipinski definition) is 1. The molecule has 0 saturated heterocycles. The van der Waals surface area contributed by atoms with Crippen LogP contribution in [0.1, 0.15) is 28.2 Å². The van der Waals surface area contributed by atoms with Crippen LogP contribution in [0.2, 0.25) is 0 Å². The zero-order valence-electron chi connectivity index (χ0n) is 15.7. The van der Waals surface area contributed by atoms with Crippen molar-refractivity contribution in [3.8, 4) is 17.6 Å². The first-order valence-corrected chi connectivity index (χ1v) is 8.74. The highest BCUT2D eigenvalue weighted by Crippen LogP contribution is 2.45. The van der Waals surface area contributed by atoms with Gasteiger partial charge in [0.15, 0.2) is 5.75 Å². The van der Waals surface area contributed by atoms with Crippen molar-refractivity contribution in [1.82, 2.24) is 0 Å². The first-order chi connectivity index (χ1) is 13.5. The van der Waals surface area contributed by atoms with Crippen molar-refractivity contribution >= 4 is 11.0 Å². The number of nitrogens with two attached hydrogens (primary N) is 1. The van der Waals surface area contributed by atoms with E-state index in [0.717, 1.165) is 22.4 Å². The van der Waals surface area contributed by atoms with Crippen LogP contribution in [0.5, 0.6) is 11.5 Å². The fourth-order valence-electron chi connectivity index (χ4n) is 3.72. The second-order valence-electron chi connectivity index (χ2n) is 6.73. The van der Waals surface area contributed by atoms with E-state index in [1.54, 1.807) is 25.3 Å². The Morgan fingerprint density at radius 2 is 1.93 bits per heavy atom. The quantitative estimate of drug-likeness (QED) is 0.688. The average Bonchev–Trinajstić information content (AvgIpc) is 2.68. The standard InChI is InChI=1S/C22H18N2O4/c1-11-9-17(26-3)12(2)8-14(11)18-15(10-23)21(24)28-20-13-6-4-5-7-16(13)27-22(25)19(18)20/h4-9,18H,24H2,1-3H3/t18-/m1/s1. The number of ether oxygens (including phenoxy) is 2. The van der Waals surface area contributed by atoms with Crippen LogP contribution < -0.4 is 20.8 Å². The van der Waals surface area contributed by atoms with E-state index < -0.39 is 11.5 Å². The number of methoxy groups -OCH3 is 1. The SMILES string of the molecule is COc1cc(C)c([C@@H]2C(C#N)=C(N)Oc3c2c(=O)oc2ccccc32)cc1C. The Balaban J connectivity index is 2.09. The largest absolute Gasteiger partial charge is 0.496 e. The molecule has 0 amide bonds. The van der Waals surface area contributed by atoms with Crippen molar-refractivity contribution in [1.29, 1.82) is 5.26 Å². The third kappa shape index (κ3) is 2.52. The number of nitriles is 1. The van der Waals surface area contributed by atoms with Gasteiger partial charge in [-0.1, -0.05) is 18.2 Å². The molecule has 6 heteroatoms. The van der Waals surface area contributed by atoms with E-state index in [9.17, 15) is 10.1 Å². The number of fused-ring (bicyclic) bond motifs is 3. The van der Waals surface area contributed by atoms with E-state index >= 15 is 0 Å². The second-order valence-corrected chi connectivity index (χ2v) is 6.73. The molecular formula is C22H18N2O4. The lowest BCUT2D eigenvalue weighted by Gasteiger charge is -2.27. The maximum Gasteiger partial charge on any atom is 0.344 e. The zero-order chi connectivity index (χ0) is 20.0. The summed E-state index contributed by atoms with van der Waals surface area (Å²) in [5.74, 6) is 0.374. The zero-order valence-corrected chi connectivity index (χ0v) is 15.7. The summed E-state index contributed by atoms with van der Waals surface area (Å²) in [6.07, 6.45) is 0. The number of hydrogen-bond acceptors (Lipinski definition) is 6. The van der Waals surface area contributed by atoms with E-state index in [1.165, 1.54) is 0 Å². The molecule has 28 heavy (non-hydrogen) atoms. The Morgan fingerprint density at radius 1 is 1.18 bits per heavy atom. The summed E-state index contributed by atoms with van der Waals surface area (Å²) in [6, 6.07) is 13.0. The fraction of sp³-hybridized carbons (Fsp3) is 0.182. The number of benzene rings is 2. The molecule has 0 aliphatic carbocycles. The highest BCUT2D eigenvalue weighted by Gasteiger charge is 2.36. The topological polar surface area (TPSA) is 98.5 Å². The van der Waals surface area contributed by atoms with Crippen molar-refractivity contribution in [3.05, 3.63) is 80.5 Å². The van der Waals surface area contributed by atoms with Gasteiger partial charge in [-0.3, -0.25) is 0 Å². The van der Waals surface area contributed by atoms with Gasteiger partial charge in [-0.2, -0.15) is 5.26 Å². The monoisotopic (exact) mass is 374 g/mol. The van der Waals surface area contributed by atoms with Crippen LogP contribution in [-0.4, -0.2) is 7.11 Å². The first-order valence-electron chi connectivity index (χ1n) is 8.74. The van der Waals surface area contributed by atoms with E-state index in [-0.39, 0.29) is 17.0 Å². The molecule has 0 spiro atoms. The minimum Gasteiger partial charge on any atom is -0.496 e.